The van der Waals surface area contributed by atoms with Gasteiger partial charge in [0.2, 0.25) is 0 Å². The number of carbonyl (C=O) groups excluding carboxylic acids is 1. The van der Waals surface area contributed by atoms with Crippen LogP contribution >= 0.6 is 0 Å². The summed E-state index contributed by atoms with van der Waals surface area (Å²) in [6.07, 6.45) is 2.88. The van der Waals surface area contributed by atoms with Crippen LogP contribution in [-0.4, -0.2) is 32.7 Å². The Bertz CT molecular complexity index is 1520. The van der Waals surface area contributed by atoms with Crippen molar-refractivity contribution < 1.29 is 39.8 Å². The van der Waals surface area contributed by atoms with Gasteiger partial charge in [0.05, 0.1) is 19.5 Å². The van der Waals surface area contributed by atoms with Crippen LogP contribution in [-0.2, 0) is 31.5 Å². The summed E-state index contributed by atoms with van der Waals surface area (Å²) in [6, 6.07) is 27.6. The Morgan fingerprint density at radius 3 is 2.16 bits per heavy atom. The average Bonchev–Trinajstić information content (AvgIpc) is 3.22. The molecular formula is C30H27IrN2O4-. The number of pyridine rings is 1. The molecule has 0 amide bonds. The number of allylic oxidation sites excluding steroid dienone is 2. The topological polar surface area (TPSA) is 84.6 Å². The number of aliphatic hydroxyl groups is 2. The van der Waals surface area contributed by atoms with E-state index in [9.17, 15) is 9.90 Å². The molecule has 3 aromatic carbocycles. The summed E-state index contributed by atoms with van der Waals surface area (Å²) >= 11 is 0. The zero-order chi connectivity index (χ0) is 25.7. The molecule has 0 fully saturated rings. The maximum absolute atomic E-state index is 10.0. The van der Waals surface area contributed by atoms with Crippen LogP contribution in [0.3, 0.4) is 0 Å². The number of rotatable bonds is 5. The van der Waals surface area contributed by atoms with Gasteiger partial charge in [0.15, 0.2) is 5.78 Å². The van der Waals surface area contributed by atoms with Crippen LogP contribution in [0.5, 0.6) is 5.75 Å². The van der Waals surface area contributed by atoms with E-state index in [0.29, 0.717) is 0 Å². The van der Waals surface area contributed by atoms with E-state index in [1.807, 2.05) is 36.4 Å². The number of hydrogen-bond acceptors (Lipinski definition) is 5. The van der Waals surface area contributed by atoms with Crippen molar-refractivity contribution in [1.29, 1.82) is 0 Å². The van der Waals surface area contributed by atoms with E-state index < -0.39 is 0 Å². The molecule has 5 aromatic rings. The number of aromatic nitrogens is 2. The van der Waals surface area contributed by atoms with Crippen LogP contribution in [0.4, 0.5) is 0 Å². The first-order chi connectivity index (χ1) is 17.4. The number of fused-ring (bicyclic) bond motifs is 3. The standard InChI is InChI=1S/C25H19N2O2.C5H8O2.Ir/c1-29-18-10-11-21(22-14-17(16-28)12-13-26-22)25(15-18)27-23-8-4-2-6-19(23)20-7-3-5-9-24(20)27;1-4(6)3-5(2)7;/h2-10,12-15,28H,16H2,1H3;3,6H,1-2H3;/q-1;;/b;4-3-;. The van der Waals surface area contributed by atoms with Gasteiger partial charge < -0.3 is 24.5 Å². The Kier molecular flexibility index (Phi) is 9.36. The van der Waals surface area contributed by atoms with Crippen molar-refractivity contribution >= 4 is 27.6 Å². The first kappa shape index (κ1) is 27.8. The molecule has 2 N–H and O–H groups in total. The summed E-state index contributed by atoms with van der Waals surface area (Å²) in [5, 5.41) is 20.3. The minimum absolute atomic E-state index is 0. The number of aliphatic hydroxyl groups excluding tert-OH is 2. The molecule has 191 valence electrons. The molecule has 6 nitrogen and oxygen atoms in total. The summed E-state index contributed by atoms with van der Waals surface area (Å²) in [7, 11) is 1.66. The van der Waals surface area contributed by atoms with Crippen molar-refractivity contribution in [2.75, 3.05) is 7.11 Å². The molecular weight excluding hydrogens is 645 g/mol. The molecule has 0 bridgehead atoms. The fourth-order valence-corrected chi connectivity index (χ4v) is 4.15. The molecule has 0 aliphatic heterocycles. The molecule has 0 atom stereocenters. The van der Waals surface area contributed by atoms with Crippen LogP contribution in [0.1, 0.15) is 19.4 Å². The molecule has 2 heterocycles. The first-order valence-corrected chi connectivity index (χ1v) is 11.4. The Labute approximate surface area is 229 Å². The molecule has 0 aliphatic carbocycles. The molecule has 5 rings (SSSR count). The molecule has 2 aromatic heterocycles. The minimum atomic E-state index is -0.125. The van der Waals surface area contributed by atoms with Gasteiger partial charge in [-0.2, -0.15) is 0 Å². The van der Waals surface area contributed by atoms with Crippen LogP contribution in [0.25, 0.3) is 38.8 Å². The van der Waals surface area contributed by atoms with Crippen LogP contribution in [0.15, 0.2) is 90.8 Å². The second-order valence-corrected chi connectivity index (χ2v) is 8.27. The van der Waals surface area contributed by atoms with E-state index in [0.717, 1.165) is 39.3 Å². The van der Waals surface area contributed by atoms with Gasteiger partial charge in [-0.25, -0.2) is 0 Å². The normalized spacial score (nSPS) is 11.0. The third-order valence-electron chi connectivity index (χ3n) is 5.63. The molecule has 37 heavy (non-hydrogen) atoms. The van der Waals surface area contributed by atoms with Gasteiger partial charge in [-0.1, -0.05) is 48.5 Å². The van der Waals surface area contributed by atoms with Crippen molar-refractivity contribution in [1.82, 2.24) is 9.55 Å². The molecule has 0 spiro atoms. The number of carbonyl (C=O) groups is 1. The predicted octanol–water partition coefficient (Wildman–Crippen LogP) is 6.18. The van der Waals surface area contributed by atoms with Crippen molar-refractivity contribution in [2.45, 2.75) is 20.5 Å². The summed E-state index contributed by atoms with van der Waals surface area (Å²) in [5.74, 6) is 0.663. The third-order valence-corrected chi connectivity index (χ3v) is 5.63. The van der Waals surface area contributed by atoms with Gasteiger partial charge in [0.25, 0.3) is 0 Å². The Hall–Kier alpha value is -3.77. The molecule has 0 unspecified atom stereocenters. The van der Waals surface area contributed by atoms with Gasteiger partial charge >= 0.3 is 0 Å². The largest absolute Gasteiger partial charge is 0.540 e. The van der Waals surface area contributed by atoms with Crippen molar-refractivity contribution in [3.05, 3.63) is 102 Å². The van der Waals surface area contributed by atoms with Gasteiger partial charge in [-0.3, -0.25) is 4.79 Å². The smallest absolute Gasteiger partial charge is 0.155 e. The number of hydrogen-bond donors (Lipinski definition) is 2. The summed E-state index contributed by atoms with van der Waals surface area (Å²) < 4.78 is 7.74. The quantitative estimate of drug-likeness (QED) is 0.133. The van der Waals surface area contributed by atoms with E-state index in [1.54, 1.807) is 13.3 Å². The SMILES string of the molecule is CC(=O)/C=C(/C)O.COc1c[c-]c(-c2cc(CO)ccn2)c(-n2c3ccccc3c3ccccc32)c1.[Ir]. The molecule has 0 aliphatic rings. The first-order valence-electron chi connectivity index (χ1n) is 11.4. The van der Waals surface area contributed by atoms with E-state index in [4.69, 9.17) is 9.84 Å². The Balaban J connectivity index is 0.000000422. The Morgan fingerprint density at radius 2 is 1.65 bits per heavy atom. The number of nitrogens with zero attached hydrogens (tertiary/aromatic N) is 2. The Morgan fingerprint density at radius 1 is 1.03 bits per heavy atom. The molecule has 1 radical (unpaired) electrons. The summed E-state index contributed by atoms with van der Waals surface area (Å²) in [4.78, 5) is 14.6. The van der Waals surface area contributed by atoms with Crippen molar-refractivity contribution in [2.24, 2.45) is 0 Å². The summed E-state index contributed by atoms with van der Waals surface area (Å²) in [5.41, 5.74) is 5.57. The zero-order valence-corrected chi connectivity index (χ0v) is 23.1. The number of benzene rings is 3. The maximum atomic E-state index is 10.0. The monoisotopic (exact) mass is 672 g/mol. The second kappa shape index (κ2) is 12.5. The van der Waals surface area contributed by atoms with Gasteiger partial charge in [0, 0.05) is 59.9 Å². The number of ketones is 1. The van der Waals surface area contributed by atoms with Gasteiger partial charge in [0.1, 0.15) is 0 Å². The van der Waals surface area contributed by atoms with Gasteiger partial charge in [-0.15, -0.1) is 17.7 Å². The number of methoxy groups -OCH3 is 1. The van der Waals surface area contributed by atoms with Gasteiger partial charge in [-0.05, 0) is 49.0 Å². The minimum Gasteiger partial charge on any atom is -0.540 e. The van der Waals surface area contributed by atoms with E-state index in [-0.39, 0.29) is 38.3 Å². The molecule has 0 saturated carbocycles. The van der Waals surface area contributed by atoms with E-state index in [1.165, 1.54) is 30.7 Å². The fourth-order valence-electron chi connectivity index (χ4n) is 4.15. The van der Waals surface area contributed by atoms with Crippen LogP contribution in [0.2, 0.25) is 0 Å². The zero-order valence-electron chi connectivity index (χ0n) is 20.7. The third kappa shape index (κ3) is 6.15. The van der Waals surface area contributed by atoms with E-state index in [2.05, 4.69) is 52.0 Å². The van der Waals surface area contributed by atoms with Crippen molar-refractivity contribution in [3.63, 3.8) is 0 Å². The molecule has 0 saturated heterocycles. The van der Waals surface area contributed by atoms with Crippen molar-refractivity contribution in [3.8, 4) is 22.7 Å². The molecule has 7 heteroatoms. The van der Waals surface area contributed by atoms with E-state index >= 15 is 0 Å². The average molecular weight is 672 g/mol. The maximum Gasteiger partial charge on any atom is 0.155 e. The number of ether oxygens (including phenoxy) is 1. The fraction of sp³-hybridized carbons (Fsp3) is 0.133. The van der Waals surface area contributed by atoms with Crippen LogP contribution < -0.4 is 4.74 Å². The second-order valence-electron chi connectivity index (χ2n) is 8.27. The van der Waals surface area contributed by atoms with Crippen LogP contribution in [0, 0.1) is 6.07 Å². The number of para-hydroxylation sites is 2. The summed E-state index contributed by atoms with van der Waals surface area (Å²) in [6.45, 7) is 2.82. The predicted molar refractivity (Wildman–Crippen MR) is 142 cm³/mol.